The molecule has 0 spiro atoms. The lowest BCUT2D eigenvalue weighted by molar-refractivity contribution is 0.0710. The van der Waals surface area contributed by atoms with Crippen LogP contribution < -0.4 is 5.32 Å². The van der Waals surface area contributed by atoms with E-state index in [0.717, 1.165) is 25.9 Å². The van der Waals surface area contributed by atoms with Gasteiger partial charge in [0.15, 0.2) is 5.69 Å². The average Bonchev–Trinajstić information content (AvgIpc) is 3.00. The Kier molecular flexibility index (Phi) is 2.81. The Morgan fingerprint density at radius 3 is 2.78 bits per heavy atom. The first kappa shape index (κ1) is 11.6. The van der Waals surface area contributed by atoms with Gasteiger partial charge in [0.05, 0.1) is 18.3 Å². The Bertz CT molecular complexity index is 445. The number of rotatable bonds is 4. The van der Waals surface area contributed by atoms with Crippen molar-refractivity contribution >= 4 is 5.91 Å². The van der Waals surface area contributed by atoms with E-state index in [1.54, 1.807) is 10.9 Å². The van der Waals surface area contributed by atoms with Crippen molar-refractivity contribution in [1.82, 2.24) is 25.2 Å². The fourth-order valence-corrected chi connectivity index (χ4v) is 2.18. The molecule has 0 aromatic carbocycles. The minimum absolute atomic E-state index is 0.102. The summed E-state index contributed by atoms with van der Waals surface area (Å²) in [5.74, 6) is -0.102. The molecule has 1 aromatic rings. The number of hydrogen-bond acceptors (Lipinski definition) is 4. The van der Waals surface area contributed by atoms with E-state index in [1.807, 2.05) is 0 Å². The quantitative estimate of drug-likeness (QED) is 0.841. The highest BCUT2D eigenvalue weighted by Crippen LogP contribution is 2.33. The number of amides is 1. The molecule has 1 amide bonds. The van der Waals surface area contributed by atoms with Crippen LogP contribution in [0.15, 0.2) is 6.20 Å². The molecule has 6 heteroatoms. The molecule has 1 saturated heterocycles. The molecule has 0 unspecified atom stereocenters. The molecule has 1 saturated carbocycles. The maximum Gasteiger partial charge on any atom is 0.273 e. The Morgan fingerprint density at radius 2 is 2.17 bits per heavy atom. The van der Waals surface area contributed by atoms with Crippen LogP contribution in [0.4, 0.5) is 0 Å². The molecule has 0 bridgehead atoms. The number of nitrogens with one attached hydrogen (secondary N) is 1. The van der Waals surface area contributed by atoms with Gasteiger partial charge in [0.1, 0.15) is 0 Å². The summed E-state index contributed by atoms with van der Waals surface area (Å²) in [4.78, 5) is 14.3. The predicted molar refractivity (Wildman–Crippen MR) is 66.3 cm³/mol. The minimum atomic E-state index is -0.102. The number of hydrogen-bond donors (Lipinski definition) is 1. The fraction of sp³-hybridized carbons (Fsp3) is 0.750. The lowest BCUT2D eigenvalue weighted by Crippen LogP contribution is -2.61. The van der Waals surface area contributed by atoms with Gasteiger partial charge in [-0.15, -0.1) is 5.10 Å². The van der Waals surface area contributed by atoms with E-state index < -0.39 is 0 Å². The largest absolute Gasteiger partial charge is 0.345 e. The van der Waals surface area contributed by atoms with Gasteiger partial charge in [-0.1, -0.05) is 5.21 Å². The van der Waals surface area contributed by atoms with Crippen molar-refractivity contribution in [2.75, 3.05) is 13.1 Å². The molecule has 98 valence electrons. The molecule has 1 aromatic heterocycles. The Labute approximate surface area is 106 Å². The summed E-state index contributed by atoms with van der Waals surface area (Å²) in [5.41, 5.74) is 0.435. The smallest absolute Gasteiger partial charge is 0.273 e. The van der Waals surface area contributed by atoms with Gasteiger partial charge in [-0.05, 0) is 26.7 Å². The summed E-state index contributed by atoms with van der Waals surface area (Å²) in [6.45, 7) is 6.19. The Morgan fingerprint density at radius 1 is 1.44 bits per heavy atom. The molecular weight excluding hydrogens is 230 g/mol. The summed E-state index contributed by atoms with van der Waals surface area (Å²) in [6.07, 6.45) is 4.05. The van der Waals surface area contributed by atoms with Crippen molar-refractivity contribution in [3.8, 4) is 0 Å². The second kappa shape index (κ2) is 4.35. The van der Waals surface area contributed by atoms with Crippen LogP contribution in [0, 0.1) is 0 Å². The lowest BCUT2D eigenvalue weighted by Gasteiger charge is -2.42. The predicted octanol–water partition coefficient (Wildman–Crippen LogP) is 0.435. The van der Waals surface area contributed by atoms with Gasteiger partial charge in [-0.2, -0.15) is 0 Å². The first-order chi connectivity index (χ1) is 8.63. The van der Waals surface area contributed by atoms with Gasteiger partial charge in [-0.3, -0.25) is 9.69 Å². The second-order valence-corrected chi connectivity index (χ2v) is 5.53. The van der Waals surface area contributed by atoms with E-state index in [0.29, 0.717) is 17.8 Å². The molecule has 0 radical (unpaired) electrons. The number of nitrogens with zero attached hydrogens (tertiary/aromatic N) is 4. The van der Waals surface area contributed by atoms with Crippen LogP contribution in [-0.2, 0) is 0 Å². The van der Waals surface area contributed by atoms with Crippen molar-refractivity contribution in [3.05, 3.63) is 11.9 Å². The van der Waals surface area contributed by atoms with E-state index in [1.165, 1.54) is 0 Å². The summed E-state index contributed by atoms with van der Waals surface area (Å²) in [6, 6.07) is 1.28. The zero-order valence-corrected chi connectivity index (χ0v) is 10.8. The van der Waals surface area contributed by atoms with Crippen LogP contribution in [-0.4, -0.2) is 51.0 Å². The van der Waals surface area contributed by atoms with Crippen molar-refractivity contribution in [2.45, 2.75) is 44.8 Å². The third kappa shape index (κ3) is 2.25. The molecule has 2 heterocycles. The van der Waals surface area contributed by atoms with Crippen molar-refractivity contribution in [1.29, 1.82) is 0 Å². The van der Waals surface area contributed by atoms with Crippen molar-refractivity contribution in [3.63, 3.8) is 0 Å². The van der Waals surface area contributed by atoms with E-state index >= 15 is 0 Å². The monoisotopic (exact) mass is 249 g/mol. The third-order valence-electron chi connectivity index (χ3n) is 3.64. The molecule has 6 nitrogen and oxygen atoms in total. The summed E-state index contributed by atoms with van der Waals surface area (Å²) in [7, 11) is 0. The lowest BCUT2D eigenvalue weighted by atomic mass is 10.1. The van der Waals surface area contributed by atoms with Gasteiger partial charge >= 0.3 is 0 Å². The third-order valence-corrected chi connectivity index (χ3v) is 3.64. The fourth-order valence-electron chi connectivity index (χ4n) is 2.18. The van der Waals surface area contributed by atoms with Gasteiger partial charge < -0.3 is 5.32 Å². The second-order valence-electron chi connectivity index (χ2n) is 5.53. The average molecular weight is 249 g/mol. The maximum absolute atomic E-state index is 11.9. The molecular formula is C12H19N5O. The van der Waals surface area contributed by atoms with Crippen LogP contribution in [0.2, 0.25) is 0 Å². The number of aromatic nitrogens is 3. The molecule has 1 N–H and O–H groups in total. The highest BCUT2D eigenvalue weighted by Gasteiger charge is 2.31. The van der Waals surface area contributed by atoms with E-state index in [-0.39, 0.29) is 11.9 Å². The maximum atomic E-state index is 11.9. The van der Waals surface area contributed by atoms with Gasteiger partial charge in [0, 0.05) is 19.1 Å². The standard InChI is InChI=1S/C12H19N5O/c1-8(2)16-5-9(6-16)13-12(18)11-7-17(15-14-11)10-3-4-10/h7-10H,3-6H2,1-2H3,(H,13,18). The topological polar surface area (TPSA) is 63.1 Å². The molecule has 18 heavy (non-hydrogen) atoms. The van der Waals surface area contributed by atoms with E-state index in [4.69, 9.17) is 0 Å². The first-order valence-corrected chi connectivity index (χ1v) is 6.60. The van der Waals surface area contributed by atoms with Crippen molar-refractivity contribution < 1.29 is 4.79 Å². The van der Waals surface area contributed by atoms with Crippen LogP contribution in [0.5, 0.6) is 0 Å². The summed E-state index contributed by atoms with van der Waals surface area (Å²) < 4.78 is 1.80. The van der Waals surface area contributed by atoms with Crippen LogP contribution in [0.25, 0.3) is 0 Å². The minimum Gasteiger partial charge on any atom is -0.345 e. The number of carbonyl (C=O) groups excluding carboxylic acids is 1. The highest BCUT2D eigenvalue weighted by atomic mass is 16.2. The van der Waals surface area contributed by atoms with Gasteiger partial charge in [0.25, 0.3) is 5.91 Å². The Hall–Kier alpha value is -1.43. The zero-order chi connectivity index (χ0) is 12.7. The zero-order valence-electron chi connectivity index (χ0n) is 10.8. The van der Waals surface area contributed by atoms with Crippen molar-refractivity contribution in [2.24, 2.45) is 0 Å². The molecule has 0 atom stereocenters. The van der Waals surface area contributed by atoms with Gasteiger partial charge in [-0.25, -0.2) is 4.68 Å². The number of likely N-dealkylation sites (tertiary alicyclic amines) is 1. The highest BCUT2D eigenvalue weighted by molar-refractivity contribution is 5.92. The summed E-state index contributed by atoms with van der Waals surface area (Å²) in [5, 5.41) is 10.9. The molecule has 3 rings (SSSR count). The number of carbonyl (C=O) groups is 1. The molecule has 1 aliphatic carbocycles. The Balaban J connectivity index is 1.52. The summed E-state index contributed by atoms with van der Waals surface area (Å²) >= 11 is 0. The normalized spacial score (nSPS) is 21.1. The van der Waals surface area contributed by atoms with Crippen LogP contribution in [0.3, 0.4) is 0 Å². The van der Waals surface area contributed by atoms with Gasteiger partial charge in [0.2, 0.25) is 0 Å². The molecule has 1 aliphatic heterocycles. The molecule has 2 fully saturated rings. The van der Waals surface area contributed by atoms with Crippen LogP contribution in [0.1, 0.15) is 43.2 Å². The van der Waals surface area contributed by atoms with Crippen LogP contribution >= 0.6 is 0 Å². The van der Waals surface area contributed by atoms with E-state index in [2.05, 4.69) is 34.4 Å². The SMILES string of the molecule is CC(C)N1CC(NC(=O)c2cn(C3CC3)nn2)C1. The first-order valence-electron chi connectivity index (χ1n) is 6.60. The molecule has 2 aliphatic rings. The van der Waals surface area contributed by atoms with E-state index in [9.17, 15) is 4.79 Å².